The van der Waals surface area contributed by atoms with Crippen molar-refractivity contribution in [2.24, 2.45) is 0 Å². The van der Waals surface area contributed by atoms with Crippen molar-refractivity contribution in [3.63, 3.8) is 0 Å². The Balaban J connectivity index is 1.69. The smallest absolute Gasteiger partial charge is 0.251 e. The van der Waals surface area contributed by atoms with Crippen LogP contribution in [0, 0.1) is 0 Å². The maximum Gasteiger partial charge on any atom is 0.251 e. The zero-order chi connectivity index (χ0) is 14.7. The third-order valence-corrected chi connectivity index (χ3v) is 4.34. The molecule has 0 bridgehead atoms. The van der Waals surface area contributed by atoms with Gasteiger partial charge in [-0.3, -0.25) is 4.79 Å². The highest BCUT2D eigenvalue weighted by Gasteiger charge is 2.14. The summed E-state index contributed by atoms with van der Waals surface area (Å²) in [4.78, 5) is 12.0. The van der Waals surface area contributed by atoms with E-state index in [0.29, 0.717) is 5.56 Å². The van der Waals surface area contributed by atoms with Crippen LogP contribution in [-0.4, -0.2) is 17.6 Å². The van der Waals surface area contributed by atoms with E-state index in [0.717, 1.165) is 15.6 Å². The quantitative estimate of drug-likeness (QED) is 0.775. The molecule has 3 rings (SSSR count). The number of aliphatic hydroxyl groups excluding tert-OH is 1. The summed E-state index contributed by atoms with van der Waals surface area (Å²) >= 11 is 1.60. The molecule has 3 aromatic rings. The van der Waals surface area contributed by atoms with Crippen LogP contribution in [0.2, 0.25) is 0 Å². The highest BCUT2D eigenvalue weighted by molar-refractivity contribution is 7.17. The molecule has 1 amide bonds. The summed E-state index contributed by atoms with van der Waals surface area (Å²) in [7, 11) is 0. The summed E-state index contributed by atoms with van der Waals surface area (Å²) in [6.07, 6.45) is -0.700. The Kier molecular flexibility index (Phi) is 3.99. The lowest BCUT2D eigenvalue weighted by molar-refractivity contribution is 0.0917. The van der Waals surface area contributed by atoms with E-state index in [1.807, 2.05) is 47.8 Å². The molecule has 0 unspecified atom stereocenters. The predicted octanol–water partition coefficient (Wildman–Crippen LogP) is 3.36. The van der Waals surface area contributed by atoms with Crippen molar-refractivity contribution in [1.29, 1.82) is 0 Å². The van der Waals surface area contributed by atoms with Crippen LogP contribution in [0.3, 0.4) is 0 Å². The van der Waals surface area contributed by atoms with Gasteiger partial charge >= 0.3 is 0 Å². The number of amides is 1. The zero-order valence-corrected chi connectivity index (χ0v) is 12.1. The number of aliphatic hydroxyl groups is 1. The molecule has 0 saturated heterocycles. The second kappa shape index (κ2) is 6.08. The van der Waals surface area contributed by atoms with E-state index in [1.54, 1.807) is 23.5 Å². The van der Waals surface area contributed by atoms with Crippen LogP contribution in [0.1, 0.15) is 22.0 Å². The Morgan fingerprint density at radius 1 is 1.10 bits per heavy atom. The van der Waals surface area contributed by atoms with Crippen LogP contribution in [0.5, 0.6) is 0 Å². The van der Waals surface area contributed by atoms with Crippen LogP contribution < -0.4 is 5.32 Å². The van der Waals surface area contributed by atoms with Crippen LogP contribution in [0.25, 0.3) is 10.1 Å². The molecule has 1 heterocycles. The largest absolute Gasteiger partial charge is 0.387 e. The Morgan fingerprint density at radius 3 is 2.62 bits per heavy atom. The van der Waals surface area contributed by atoms with Crippen LogP contribution in [0.15, 0.2) is 60.0 Å². The van der Waals surface area contributed by atoms with E-state index in [1.165, 1.54) is 0 Å². The molecule has 21 heavy (non-hydrogen) atoms. The van der Waals surface area contributed by atoms with Crippen molar-refractivity contribution in [2.75, 3.05) is 6.54 Å². The molecule has 0 fully saturated rings. The van der Waals surface area contributed by atoms with Crippen molar-refractivity contribution in [2.45, 2.75) is 6.10 Å². The maximum atomic E-state index is 12.0. The van der Waals surface area contributed by atoms with Gasteiger partial charge in [-0.1, -0.05) is 36.4 Å². The molecule has 0 spiro atoms. The average molecular weight is 297 g/mol. The molecule has 0 radical (unpaired) electrons. The third-order valence-electron chi connectivity index (χ3n) is 3.36. The fourth-order valence-electron chi connectivity index (χ4n) is 2.25. The minimum atomic E-state index is -0.700. The lowest BCUT2D eigenvalue weighted by atomic mass is 10.1. The first-order valence-corrected chi connectivity index (χ1v) is 7.61. The minimum Gasteiger partial charge on any atom is -0.387 e. The number of nitrogens with one attached hydrogen (secondary N) is 1. The molecule has 0 aliphatic carbocycles. The Bertz CT molecular complexity index is 752. The van der Waals surface area contributed by atoms with Gasteiger partial charge in [-0.25, -0.2) is 0 Å². The molecule has 2 N–H and O–H groups in total. The van der Waals surface area contributed by atoms with Crippen molar-refractivity contribution in [1.82, 2.24) is 5.32 Å². The SMILES string of the molecule is O=C(NC[C@@H](O)c1csc2ccccc12)c1ccccc1. The van der Waals surface area contributed by atoms with Gasteiger partial charge in [0.2, 0.25) is 0 Å². The molecule has 2 aromatic carbocycles. The van der Waals surface area contributed by atoms with Gasteiger partial charge in [-0.05, 0) is 29.0 Å². The second-order valence-corrected chi connectivity index (χ2v) is 5.69. The number of thiophene rings is 1. The first-order valence-electron chi connectivity index (χ1n) is 6.73. The van der Waals surface area contributed by atoms with E-state index >= 15 is 0 Å². The summed E-state index contributed by atoms with van der Waals surface area (Å²) in [6, 6.07) is 16.9. The Morgan fingerprint density at radius 2 is 1.81 bits per heavy atom. The van der Waals surface area contributed by atoms with Crippen molar-refractivity contribution >= 4 is 27.3 Å². The summed E-state index contributed by atoms with van der Waals surface area (Å²) in [5.74, 6) is -0.172. The zero-order valence-electron chi connectivity index (χ0n) is 11.3. The normalized spacial score (nSPS) is 12.2. The number of hydrogen-bond acceptors (Lipinski definition) is 3. The van der Waals surface area contributed by atoms with E-state index in [-0.39, 0.29) is 12.5 Å². The topological polar surface area (TPSA) is 49.3 Å². The monoisotopic (exact) mass is 297 g/mol. The van der Waals surface area contributed by atoms with Crippen LogP contribution >= 0.6 is 11.3 Å². The van der Waals surface area contributed by atoms with Gasteiger partial charge in [0, 0.05) is 22.4 Å². The van der Waals surface area contributed by atoms with Gasteiger partial charge in [0.15, 0.2) is 0 Å². The van der Waals surface area contributed by atoms with E-state index in [2.05, 4.69) is 5.32 Å². The standard InChI is InChI=1S/C17H15NO2S/c19-15(10-18-17(20)12-6-2-1-3-7-12)14-11-21-16-9-5-4-8-13(14)16/h1-9,11,15,19H,10H2,(H,18,20)/t15-/m1/s1. The number of hydrogen-bond donors (Lipinski definition) is 2. The van der Waals surface area contributed by atoms with Crippen LogP contribution in [0.4, 0.5) is 0 Å². The fraction of sp³-hybridized carbons (Fsp3) is 0.118. The number of rotatable bonds is 4. The van der Waals surface area contributed by atoms with Crippen LogP contribution in [-0.2, 0) is 0 Å². The van der Waals surface area contributed by atoms with E-state index in [9.17, 15) is 9.90 Å². The van der Waals surface area contributed by atoms with Gasteiger partial charge in [0.05, 0.1) is 6.10 Å². The summed E-state index contributed by atoms with van der Waals surface area (Å²) in [5.41, 5.74) is 1.46. The van der Waals surface area contributed by atoms with E-state index < -0.39 is 6.10 Å². The maximum absolute atomic E-state index is 12.0. The summed E-state index contributed by atoms with van der Waals surface area (Å²) in [5, 5.41) is 16.1. The molecule has 0 saturated carbocycles. The first kappa shape index (κ1) is 13.8. The molecule has 0 aliphatic rings. The number of fused-ring (bicyclic) bond motifs is 1. The number of carbonyl (C=O) groups is 1. The minimum absolute atomic E-state index is 0.172. The van der Waals surface area contributed by atoms with Gasteiger partial charge < -0.3 is 10.4 Å². The predicted molar refractivity (Wildman–Crippen MR) is 85.6 cm³/mol. The lowest BCUT2D eigenvalue weighted by Crippen LogP contribution is -2.28. The molecular formula is C17H15NO2S. The molecule has 1 aromatic heterocycles. The second-order valence-electron chi connectivity index (χ2n) is 4.78. The van der Waals surface area contributed by atoms with Gasteiger partial charge in [-0.15, -0.1) is 11.3 Å². The fourth-order valence-corrected chi connectivity index (χ4v) is 3.26. The molecule has 106 valence electrons. The summed E-state index contributed by atoms with van der Waals surface area (Å²) in [6.45, 7) is 0.203. The van der Waals surface area contributed by atoms with Gasteiger partial charge in [0.1, 0.15) is 0 Å². The average Bonchev–Trinajstić information content (AvgIpc) is 2.97. The Hall–Kier alpha value is -2.17. The summed E-state index contributed by atoms with van der Waals surface area (Å²) < 4.78 is 1.14. The third kappa shape index (κ3) is 2.96. The number of carbonyl (C=O) groups excluding carboxylic acids is 1. The molecule has 1 atom stereocenters. The van der Waals surface area contributed by atoms with Crippen molar-refractivity contribution in [3.05, 3.63) is 71.1 Å². The van der Waals surface area contributed by atoms with Gasteiger partial charge in [-0.2, -0.15) is 0 Å². The highest BCUT2D eigenvalue weighted by Crippen LogP contribution is 2.29. The molecular weight excluding hydrogens is 282 g/mol. The van der Waals surface area contributed by atoms with E-state index in [4.69, 9.17) is 0 Å². The Labute approximate surface area is 126 Å². The van der Waals surface area contributed by atoms with Crippen molar-refractivity contribution < 1.29 is 9.90 Å². The van der Waals surface area contributed by atoms with Crippen molar-refractivity contribution in [3.8, 4) is 0 Å². The lowest BCUT2D eigenvalue weighted by Gasteiger charge is -2.11. The highest BCUT2D eigenvalue weighted by atomic mass is 32.1. The molecule has 3 nitrogen and oxygen atoms in total. The molecule has 4 heteroatoms. The molecule has 0 aliphatic heterocycles. The van der Waals surface area contributed by atoms with Gasteiger partial charge in [0.25, 0.3) is 5.91 Å². The first-order chi connectivity index (χ1) is 10.3. The number of benzene rings is 2.